The third-order valence-corrected chi connectivity index (χ3v) is 3.75. The van der Waals surface area contributed by atoms with Gasteiger partial charge in [0.15, 0.2) is 0 Å². The van der Waals surface area contributed by atoms with Gasteiger partial charge in [0.1, 0.15) is 0 Å². The molecule has 0 aliphatic rings. The van der Waals surface area contributed by atoms with E-state index in [1.54, 1.807) is 11.3 Å². The third kappa shape index (κ3) is 3.69. The molecule has 0 fully saturated rings. The Hall–Kier alpha value is 0.1000. The molecule has 0 aromatic carbocycles. The van der Waals surface area contributed by atoms with Crippen LogP contribution in [0.15, 0.2) is 15.9 Å². The van der Waals surface area contributed by atoms with Gasteiger partial charge in [0.25, 0.3) is 0 Å². The van der Waals surface area contributed by atoms with Crippen LogP contribution >= 0.6 is 27.3 Å². The van der Waals surface area contributed by atoms with Crippen molar-refractivity contribution in [1.82, 2.24) is 5.32 Å². The first-order valence-electron chi connectivity index (χ1n) is 4.81. The fraction of sp³-hybridized carbons (Fsp3) is 0.600. The molecule has 0 aliphatic heterocycles. The number of rotatable bonds is 5. The largest absolute Gasteiger partial charge is 0.329 e. The Morgan fingerprint density at radius 2 is 2.29 bits per heavy atom. The van der Waals surface area contributed by atoms with Gasteiger partial charge in [-0.05, 0) is 34.5 Å². The summed E-state index contributed by atoms with van der Waals surface area (Å²) in [5, 5.41) is 5.56. The Kier molecular flexibility index (Phi) is 5.09. The molecule has 0 bridgehead atoms. The first-order valence-corrected chi connectivity index (χ1v) is 6.48. The highest BCUT2D eigenvalue weighted by Gasteiger charge is 2.11. The van der Waals surface area contributed by atoms with E-state index in [0.29, 0.717) is 18.5 Å². The van der Waals surface area contributed by atoms with Gasteiger partial charge < -0.3 is 11.1 Å². The summed E-state index contributed by atoms with van der Waals surface area (Å²) in [6.45, 7) is 6.06. The minimum atomic E-state index is 0.300. The minimum absolute atomic E-state index is 0.300. The molecule has 1 unspecified atom stereocenters. The summed E-state index contributed by atoms with van der Waals surface area (Å²) in [6.07, 6.45) is 0. The average molecular weight is 277 g/mol. The first kappa shape index (κ1) is 12.2. The van der Waals surface area contributed by atoms with E-state index in [-0.39, 0.29) is 0 Å². The molecule has 0 aliphatic carbocycles. The quantitative estimate of drug-likeness (QED) is 0.868. The molecule has 3 N–H and O–H groups in total. The summed E-state index contributed by atoms with van der Waals surface area (Å²) in [4.78, 5) is 1.31. The molecule has 2 nitrogen and oxygen atoms in total. The molecular weight excluding hydrogens is 260 g/mol. The van der Waals surface area contributed by atoms with Crippen molar-refractivity contribution in [3.63, 3.8) is 0 Å². The van der Waals surface area contributed by atoms with Crippen LogP contribution < -0.4 is 11.1 Å². The van der Waals surface area contributed by atoms with Crippen LogP contribution in [0, 0.1) is 5.92 Å². The molecule has 4 heteroatoms. The molecule has 1 atom stereocenters. The smallest absolute Gasteiger partial charge is 0.0539 e. The Morgan fingerprint density at radius 1 is 1.57 bits per heavy atom. The highest BCUT2D eigenvalue weighted by molar-refractivity contribution is 9.10. The summed E-state index contributed by atoms with van der Waals surface area (Å²) in [6, 6.07) is 2.43. The van der Waals surface area contributed by atoms with Crippen LogP contribution in [0.3, 0.4) is 0 Å². The zero-order chi connectivity index (χ0) is 10.6. The maximum absolute atomic E-state index is 5.73. The second-order valence-electron chi connectivity index (χ2n) is 3.76. The van der Waals surface area contributed by atoms with E-state index in [4.69, 9.17) is 5.73 Å². The van der Waals surface area contributed by atoms with Gasteiger partial charge in [0.2, 0.25) is 0 Å². The number of nitrogens with one attached hydrogen (secondary N) is 1. The number of hydrogen-bond acceptors (Lipinski definition) is 3. The second-order valence-corrected chi connectivity index (χ2v) is 5.62. The number of nitrogens with two attached hydrogens (primary N) is 1. The fourth-order valence-electron chi connectivity index (χ4n) is 1.19. The second kappa shape index (κ2) is 5.85. The fourth-order valence-corrected chi connectivity index (χ4v) is 2.72. The topological polar surface area (TPSA) is 38.0 Å². The van der Waals surface area contributed by atoms with Crippen LogP contribution in [-0.4, -0.2) is 13.1 Å². The van der Waals surface area contributed by atoms with Crippen LogP contribution in [0.5, 0.6) is 0 Å². The van der Waals surface area contributed by atoms with E-state index < -0.39 is 0 Å². The van der Waals surface area contributed by atoms with Gasteiger partial charge in [-0.3, -0.25) is 0 Å². The monoisotopic (exact) mass is 276 g/mol. The van der Waals surface area contributed by atoms with E-state index in [0.717, 1.165) is 11.0 Å². The lowest BCUT2D eigenvalue weighted by atomic mass is 10.2. The van der Waals surface area contributed by atoms with Crippen molar-refractivity contribution in [3.8, 4) is 0 Å². The van der Waals surface area contributed by atoms with Crippen LogP contribution in [0.1, 0.15) is 24.8 Å². The summed E-state index contributed by atoms with van der Waals surface area (Å²) in [7, 11) is 0. The van der Waals surface area contributed by atoms with Crippen molar-refractivity contribution in [2.75, 3.05) is 13.1 Å². The molecule has 1 rings (SSSR count). The normalized spacial score (nSPS) is 13.5. The molecule has 0 spiro atoms. The highest BCUT2D eigenvalue weighted by atomic mass is 79.9. The van der Waals surface area contributed by atoms with E-state index in [9.17, 15) is 0 Å². The summed E-state index contributed by atoms with van der Waals surface area (Å²) < 4.78 is 1.14. The maximum Gasteiger partial charge on any atom is 0.0539 e. The van der Waals surface area contributed by atoms with Crippen molar-refractivity contribution >= 4 is 27.3 Å². The van der Waals surface area contributed by atoms with Crippen molar-refractivity contribution in [3.05, 3.63) is 20.8 Å². The van der Waals surface area contributed by atoms with Gasteiger partial charge in [-0.25, -0.2) is 0 Å². The van der Waals surface area contributed by atoms with Crippen LogP contribution in [0.25, 0.3) is 0 Å². The van der Waals surface area contributed by atoms with Gasteiger partial charge in [-0.2, -0.15) is 0 Å². The number of hydrogen-bond donors (Lipinski definition) is 2. The number of thiophene rings is 1. The Morgan fingerprint density at radius 3 is 2.71 bits per heavy atom. The minimum Gasteiger partial charge on any atom is -0.329 e. The van der Waals surface area contributed by atoms with Gasteiger partial charge in [-0.1, -0.05) is 13.8 Å². The van der Waals surface area contributed by atoms with Gasteiger partial charge >= 0.3 is 0 Å². The maximum atomic E-state index is 5.73. The standard InChI is InChI=1S/C10H17BrN2S/c1-7(2)5-13-9(4-12)10-3-8(11)6-14-10/h3,6-7,9,13H,4-5,12H2,1-2H3. The van der Waals surface area contributed by atoms with E-state index in [1.165, 1.54) is 4.88 Å². The zero-order valence-electron chi connectivity index (χ0n) is 8.59. The lowest BCUT2D eigenvalue weighted by molar-refractivity contribution is 0.483. The zero-order valence-corrected chi connectivity index (χ0v) is 11.0. The van der Waals surface area contributed by atoms with E-state index in [2.05, 4.69) is 46.5 Å². The molecule has 0 saturated heterocycles. The molecule has 1 heterocycles. The summed E-state index contributed by atoms with van der Waals surface area (Å²) in [5.41, 5.74) is 5.73. The molecule has 0 radical (unpaired) electrons. The number of halogens is 1. The summed E-state index contributed by atoms with van der Waals surface area (Å²) in [5.74, 6) is 0.660. The molecule has 1 aromatic rings. The Bertz CT molecular complexity index is 273. The Balaban J connectivity index is 2.54. The van der Waals surface area contributed by atoms with E-state index in [1.807, 2.05) is 0 Å². The van der Waals surface area contributed by atoms with Crippen molar-refractivity contribution in [2.45, 2.75) is 19.9 Å². The van der Waals surface area contributed by atoms with Crippen molar-refractivity contribution in [1.29, 1.82) is 0 Å². The average Bonchev–Trinajstić information content (AvgIpc) is 2.53. The molecule has 0 amide bonds. The lowest BCUT2D eigenvalue weighted by Gasteiger charge is -2.16. The SMILES string of the molecule is CC(C)CNC(CN)c1cc(Br)cs1. The molecule has 1 aromatic heterocycles. The van der Waals surface area contributed by atoms with Crippen LogP contribution in [0.4, 0.5) is 0 Å². The summed E-state index contributed by atoms with van der Waals surface area (Å²) >= 11 is 5.20. The highest BCUT2D eigenvalue weighted by Crippen LogP contribution is 2.25. The Labute approximate surface area is 98.0 Å². The van der Waals surface area contributed by atoms with Crippen molar-refractivity contribution in [2.24, 2.45) is 11.7 Å². The molecule has 14 heavy (non-hydrogen) atoms. The van der Waals surface area contributed by atoms with E-state index >= 15 is 0 Å². The van der Waals surface area contributed by atoms with Crippen molar-refractivity contribution < 1.29 is 0 Å². The van der Waals surface area contributed by atoms with Crippen LogP contribution in [0.2, 0.25) is 0 Å². The first-order chi connectivity index (χ1) is 6.63. The van der Waals surface area contributed by atoms with Gasteiger partial charge in [-0.15, -0.1) is 11.3 Å². The molecule has 0 saturated carbocycles. The van der Waals surface area contributed by atoms with Gasteiger partial charge in [0, 0.05) is 21.3 Å². The third-order valence-electron chi connectivity index (χ3n) is 1.94. The molecule has 80 valence electrons. The predicted octanol–water partition coefficient (Wildman–Crippen LogP) is 2.76. The predicted molar refractivity (Wildman–Crippen MR) is 66.7 cm³/mol. The molecular formula is C10H17BrN2S. The van der Waals surface area contributed by atoms with Gasteiger partial charge in [0.05, 0.1) is 6.04 Å². The lowest BCUT2D eigenvalue weighted by Crippen LogP contribution is -2.30. The van der Waals surface area contributed by atoms with Crippen LogP contribution in [-0.2, 0) is 0 Å².